The summed E-state index contributed by atoms with van der Waals surface area (Å²) in [6, 6.07) is 7.46. The molecule has 2 amide bonds. The maximum absolute atomic E-state index is 13.0. The normalized spacial score (nSPS) is 27.5. The lowest BCUT2D eigenvalue weighted by atomic mass is 9.82. The lowest BCUT2D eigenvalue weighted by Crippen LogP contribution is -2.42. The number of carbonyl (C=O) groups excluding carboxylic acids is 3. The monoisotopic (exact) mass is 412 g/mol. The van der Waals surface area contributed by atoms with Gasteiger partial charge in [-0.1, -0.05) is 17.7 Å². The molecule has 1 aromatic carbocycles. The highest BCUT2D eigenvalue weighted by Gasteiger charge is 2.54. The molecule has 0 aromatic heterocycles. The number of benzene rings is 1. The third-order valence-electron chi connectivity index (χ3n) is 6.44. The number of aliphatic hydroxyl groups excluding tert-OH is 1. The Bertz CT molecular complexity index is 920. The second-order valence-corrected chi connectivity index (χ2v) is 9.47. The Morgan fingerprint density at radius 2 is 1.70 bits per heavy atom. The number of fused-ring (bicyclic) bond motifs is 1. The number of aryl methyl sites for hydroxylation is 1. The minimum atomic E-state index is -0.710. The molecule has 2 atom stereocenters. The summed E-state index contributed by atoms with van der Waals surface area (Å²) in [5, 5.41) is 10.2. The standard InChI is InChI=1S/C23H28N2O5/c1-15-4-6-16(7-5-15)20(28)24-10-17-11-25(13-23(17,12-24)14-26)21(29)19-8-18(27)9-22(2,3)30-19/h4-8,17,26H,9-14H2,1-3H3/t17-,23+/m1/s1. The Kier molecular flexibility index (Phi) is 4.97. The fourth-order valence-electron chi connectivity index (χ4n) is 4.83. The van der Waals surface area contributed by atoms with Gasteiger partial charge in [0, 0.05) is 55.6 Å². The summed E-state index contributed by atoms with van der Waals surface area (Å²) in [5.74, 6) is -0.457. The molecule has 1 aromatic rings. The predicted octanol–water partition coefficient (Wildman–Crippen LogP) is 1.54. The molecular formula is C23H28N2O5. The van der Waals surface area contributed by atoms with E-state index >= 15 is 0 Å². The second-order valence-electron chi connectivity index (χ2n) is 9.47. The maximum atomic E-state index is 13.0. The SMILES string of the molecule is Cc1ccc(C(=O)N2C[C@@H]3CN(C(=O)C4=CC(=O)CC(C)(C)O4)C[C@]3(CO)C2)cc1. The van der Waals surface area contributed by atoms with Gasteiger partial charge in [0.05, 0.1) is 6.61 Å². The van der Waals surface area contributed by atoms with Gasteiger partial charge in [-0.2, -0.15) is 0 Å². The molecule has 0 radical (unpaired) electrons. The third kappa shape index (κ3) is 3.62. The Morgan fingerprint density at radius 1 is 1.10 bits per heavy atom. The summed E-state index contributed by atoms with van der Waals surface area (Å²) < 4.78 is 5.76. The van der Waals surface area contributed by atoms with Crippen molar-refractivity contribution in [2.75, 3.05) is 32.8 Å². The van der Waals surface area contributed by atoms with E-state index in [0.717, 1.165) is 5.56 Å². The lowest BCUT2D eigenvalue weighted by molar-refractivity contribution is -0.137. The van der Waals surface area contributed by atoms with Gasteiger partial charge in [-0.05, 0) is 32.9 Å². The highest BCUT2D eigenvalue weighted by Crippen LogP contribution is 2.43. The van der Waals surface area contributed by atoms with Crippen LogP contribution in [0.2, 0.25) is 0 Å². The van der Waals surface area contributed by atoms with Crippen molar-refractivity contribution in [1.82, 2.24) is 9.80 Å². The molecule has 2 fully saturated rings. The van der Waals surface area contributed by atoms with Crippen LogP contribution in [0.25, 0.3) is 0 Å². The number of hydrogen-bond donors (Lipinski definition) is 1. The summed E-state index contributed by atoms with van der Waals surface area (Å²) >= 11 is 0. The van der Waals surface area contributed by atoms with Gasteiger partial charge in [0.15, 0.2) is 11.5 Å². The second kappa shape index (κ2) is 7.23. The summed E-state index contributed by atoms with van der Waals surface area (Å²) in [7, 11) is 0. The van der Waals surface area contributed by atoms with Gasteiger partial charge in [0.2, 0.25) is 0 Å². The first kappa shape index (κ1) is 20.6. The quantitative estimate of drug-likeness (QED) is 0.814. The fourth-order valence-corrected chi connectivity index (χ4v) is 4.83. The molecule has 7 heteroatoms. The zero-order valence-electron chi connectivity index (χ0n) is 17.7. The number of rotatable bonds is 3. The molecule has 160 valence electrons. The van der Waals surface area contributed by atoms with Crippen LogP contribution in [-0.4, -0.2) is 70.9 Å². The minimum Gasteiger partial charge on any atom is -0.481 e. The fraction of sp³-hybridized carbons (Fsp3) is 0.522. The molecule has 3 aliphatic heterocycles. The topological polar surface area (TPSA) is 87.2 Å². The van der Waals surface area contributed by atoms with Gasteiger partial charge in [-0.3, -0.25) is 14.4 Å². The number of aliphatic hydroxyl groups is 1. The molecule has 3 aliphatic rings. The van der Waals surface area contributed by atoms with Crippen molar-refractivity contribution in [2.45, 2.75) is 32.8 Å². The van der Waals surface area contributed by atoms with Crippen LogP contribution in [0.4, 0.5) is 0 Å². The third-order valence-corrected chi connectivity index (χ3v) is 6.44. The Labute approximate surface area is 176 Å². The Balaban J connectivity index is 1.48. The Morgan fingerprint density at radius 3 is 2.23 bits per heavy atom. The van der Waals surface area contributed by atoms with Crippen LogP contribution in [0.5, 0.6) is 0 Å². The van der Waals surface area contributed by atoms with E-state index in [1.165, 1.54) is 6.08 Å². The summed E-state index contributed by atoms with van der Waals surface area (Å²) in [6.07, 6.45) is 1.52. The molecule has 0 saturated carbocycles. The van der Waals surface area contributed by atoms with E-state index in [-0.39, 0.29) is 42.3 Å². The smallest absolute Gasteiger partial charge is 0.289 e. The van der Waals surface area contributed by atoms with E-state index in [9.17, 15) is 19.5 Å². The van der Waals surface area contributed by atoms with Gasteiger partial charge >= 0.3 is 0 Å². The molecular weight excluding hydrogens is 384 g/mol. The summed E-state index contributed by atoms with van der Waals surface area (Å²) in [6.45, 7) is 7.08. The van der Waals surface area contributed by atoms with Crippen molar-refractivity contribution in [3.8, 4) is 0 Å². The van der Waals surface area contributed by atoms with E-state index in [4.69, 9.17) is 4.74 Å². The number of ketones is 1. The average Bonchev–Trinajstić information content (AvgIpc) is 3.20. The number of ether oxygens (including phenoxy) is 1. The van der Waals surface area contributed by atoms with Gasteiger partial charge < -0.3 is 19.6 Å². The lowest BCUT2D eigenvalue weighted by Gasteiger charge is -2.32. The van der Waals surface area contributed by atoms with E-state index in [2.05, 4.69) is 0 Å². The maximum Gasteiger partial charge on any atom is 0.289 e. The molecule has 2 saturated heterocycles. The minimum absolute atomic E-state index is 0.0197. The van der Waals surface area contributed by atoms with Gasteiger partial charge in [0.25, 0.3) is 11.8 Å². The Hall–Kier alpha value is -2.67. The molecule has 3 heterocycles. The largest absolute Gasteiger partial charge is 0.481 e. The first-order valence-corrected chi connectivity index (χ1v) is 10.3. The van der Waals surface area contributed by atoms with E-state index in [0.29, 0.717) is 31.7 Å². The van der Waals surface area contributed by atoms with Crippen molar-refractivity contribution in [3.05, 3.63) is 47.2 Å². The van der Waals surface area contributed by atoms with Crippen molar-refractivity contribution in [2.24, 2.45) is 11.3 Å². The number of likely N-dealkylation sites (tertiary alicyclic amines) is 2. The molecule has 7 nitrogen and oxygen atoms in total. The van der Waals surface area contributed by atoms with Crippen LogP contribution in [0.3, 0.4) is 0 Å². The zero-order chi connectivity index (χ0) is 21.7. The number of carbonyl (C=O) groups is 3. The first-order chi connectivity index (χ1) is 14.1. The highest BCUT2D eigenvalue weighted by atomic mass is 16.5. The number of allylic oxidation sites excluding steroid dienone is 1. The zero-order valence-corrected chi connectivity index (χ0v) is 17.7. The van der Waals surface area contributed by atoms with Crippen LogP contribution in [0, 0.1) is 18.3 Å². The molecule has 1 N–H and O–H groups in total. The van der Waals surface area contributed by atoms with Crippen molar-refractivity contribution < 1.29 is 24.2 Å². The summed E-state index contributed by atoms with van der Waals surface area (Å²) in [4.78, 5) is 41.3. The van der Waals surface area contributed by atoms with Gasteiger partial charge in [-0.25, -0.2) is 0 Å². The molecule has 0 unspecified atom stereocenters. The van der Waals surface area contributed by atoms with Crippen molar-refractivity contribution in [3.63, 3.8) is 0 Å². The van der Waals surface area contributed by atoms with Crippen LogP contribution in [0.15, 0.2) is 36.1 Å². The van der Waals surface area contributed by atoms with E-state index < -0.39 is 11.0 Å². The van der Waals surface area contributed by atoms with Gasteiger partial charge in [0.1, 0.15) is 5.60 Å². The van der Waals surface area contributed by atoms with E-state index in [1.54, 1.807) is 23.6 Å². The highest BCUT2D eigenvalue weighted by molar-refractivity contribution is 6.02. The summed E-state index contributed by atoms with van der Waals surface area (Å²) in [5.41, 5.74) is 0.457. The van der Waals surface area contributed by atoms with Crippen LogP contribution in [0.1, 0.15) is 36.2 Å². The average molecular weight is 412 g/mol. The van der Waals surface area contributed by atoms with Crippen molar-refractivity contribution >= 4 is 17.6 Å². The van der Waals surface area contributed by atoms with Crippen LogP contribution in [-0.2, 0) is 14.3 Å². The number of nitrogens with zero attached hydrogens (tertiary/aromatic N) is 2. The van der Waals surface area contributed by atoms with Gasteiger partial charge in [-0.15, -0.1) is 0 Å². The molecule has 4 rings (SSSR count). The molecule has 0 bridgehead atoms. The van der Waals surface area contributed by atoms with Crippen LogP contribution < -0.4 is 0 Å². The molecule has 0 spiro atoms. The first-order valence-electron chi connectivity index (χ1n) is 10.3. The van der Waals surface area contributed by atoms with E-state index in [1.807, 2.05) is 31.2 Å². The molecule has 30 heavy (non-hydrogen) atoms. The predicted molar refractivity (Wildman–Crippen MR) is 110 cm³/mol. The van der Waals surface area contributed by atoms with Crippen molar-refractivity contribution in [1.29, 1.82) is 0 Å². The van der Waals surface area contributed by atoms with Crippen LogP contribution >= 0.6 is 0 Å². The number of hydrogen-bond acceptors (Lipinski definition) is 5. The molecule has 0 aliphatic carbocycles. The number of amides is 2.